The Morgan fingerprint density at radius 3 is 2.19 bits per heavy atom. The van der Waals surface area contributed by atoms with Crippen molar-refractivity contribution >= 4 is 23.1 Å². The third kappa shape index (κ3) is 3.82. The maximum Gasteiger partial charge on any atom is 0.143 e. The molecule has 0 fully saturated rings. The molecule has 4 heteroatoms. The first-order valence-electron chi connectivity index (χ1n) is 6.32. The van der Waals surface area contributed by atoms with Crippen molar-refractivity contribution in [3.63, 3.8) is 0 Å². The second-order valence-electron chi connectivity index (χ2n) is 4.29. The number of isothiocyanates is 1. The fourth-order valence-electron chi connectivity index (χ4n) is 1.75. The molecule has 0 saturated carbocycles. The summed E-state index contributed by atoms with van der Waals surface area (Å²) in [5.41, 5.74) is 1.68. The number of aliphatic imine (C=N–C) groups is 1. The van der Waals surface area contributed by atoms with Gasteiger partial charge in [0.05, 0.1) is 16.4 Å². The molecule has 0 aliphatic carbocycles. The van der Waals surface area contributed by atoms with E-state index in [0.717, 1.165) is 18.6 Å². The SMILES string of the molecule is CCc1ccc(C#Cc2c(F)cc(N=C=S)cc2F)cc1. The number of aryl methyl sites for hydroxylation is 1. The Bertz CT molecular complexity index is 741. The molecule has 0 radical (unpaired) electrons. The molecule has 0 heterocycles. The number of benzene rings is 2. The van der Waals surface area contributed by atoms with Crippen LogP contribution in [-0.4, -0.2) is 5.16 Å². The second-order valence-corrected chi connectivity index (χ2v) is 4.47. The fourth-order valence-corrected chi connectivity index (χ4v) is 1.86. The zero-order chi connectivity index (χ0) is 15.2. The van der Waals surface area contributed by atoms with E-state index in [2.05, 4.69) is 41.1 Å². The van der Waals surface area contributed by atoms with Gasteiger partial charge in [0, 0.05) is 17.7 Å². The minimum Gasteiger partial charge on any atom is -0.205 e. The van der Waals surface area contributed by atoms with Crippen molar-refractivity contribution in [3.05, 3.63) is 64.7 Å². The highest BCUT2D eigenvalue weighted by Gasteiger charge is 2.08. The van der Waals surface area contributed by atoms with E-state index in [-0.39, 0.29) is 11.3 Å². The summed E-state index contributed by atoms with van der Waals surface area (Å²) in [5, 5.41) is 2.07. The third-order valence-electron chi connectivity index (χ3n) is 2.90. The summed E-state index contributed by atoms with van der Waals surface area (Å²) in [6.45, 7) is 2.05. The van der Waals surface area contributed by atoms with E-state index in [1.165, 1.54) is 5.56 Å². The van der Waals surface area contributed by atoms with Gasteiger partial charge in [-0.25, -0.2) is 8.78 Å². The minimum atomic E-state index is -0.767. The molecule has 0 bridgehead atoms. The van der Waals surface area contributed by atoms with Crippen LogP contribution in [0.25, 0.3) is 0 Å². The van der Waals surface area contributed by atoms with E-state index in [1.54, 1.807) is 0 Å². The van der Waals surface area contributed by atoms with Crippen LogP contribution in [0.2, 0.25) is 0 Å². The van der Waals surface area contributed by atoms with Crippen LogP contribution in [0.4, 0.5) is 14.5 Å². The predicted octanol–water partition coefficient (Wildman–Crippen LogP) is 4.66. The number of hydrogen-bond donors (Lipinski definition) is 0. The van der Waals surface area contributed by atoms with E-state index >= 15 is 0 Å². The molecule has 0 aromatic heterocycles. The molecule has 104 valence electrons. The van der Waals surface area contributed by atoms with Crippen LogP contribution in [0.3, 0.4) is 0 Å². The van der Waals surface area contributed by atoms with E-state index in [1.807, 2.05) is 24.3 Å². The summed E-state index contributed by atoms with van der Waals surface area (Å²) >= 11 is 4.40. The maximum atomic E-state index is 13.8. The molecule has 0 unspecified atom stereocenters. The normalized spacial score (nSPS) is 9.48. The number of halogens is 2. The lowest BCUT2D eigenvalue weighted by atomic mass is 10.1. The van der Waals surface area contributed by atoms with Gasteiger partial charge in [-0.3, -0.25) is 0 Å². The molecule has 2 rings (SSSR count). The number of thiocarbonyl (C=S) groups is 1. The van der Waals surface area contributed by atoms with Crippen LogP contribution in [0.5, 0.6) is 0 Å². The van der Waals surface area contributed by atoms with Gasteiger partial charge in [-0.2, -0.15) is 4.99 Å². The quantitative estimate of drug-likeness (QED) is 0.446. The maximum absolute atomic E-state index is 13.8. The first kappa shape index (κ1) is 15.1. The summed E-state index contributed by atoms with van der Waals surface area (Å²) < 4.78 is 27.6. The molecule has 2 aromatic carbocycles. The molecule has 0 saturated heterocycles. The first-order valence-corrected chi connectivity index (χ1v) is 6.72. The zero-order valence-electron chi connectivity index (χ0n) is 11.3. The van der Waals surface area contributed by atoms with E-state index in [4.69, 9.17) is 0 Å². The van der Waals surface area contributed by atoms with Gasteiger partial charge < -0.3 is 0 Å². The Hall–Kier alpha value is -2.34. The van der Waals surface area contributed by atoms with E-state index < -0.39 is 11.6 Å². The van der Waals surface area contributed by atoms with Crippen molar-refractivity contribution in [2.75, 3.05) is 0 Å². The Morgan fingerprint density at radius 1 is 1.05 bits per heavy atom. The fraction of sp³-hybridized carbons (Fsp3) is 0.118. The Kier molecular flexibility index (Phi) is 4.94. The molecule has 0 amide bonds. The monoisotopic (exact) mass is 299 g/mol. The smallest absolute Gasteiger partial charge is 0.143 e. The van der Waals surface area contributed by atoms with Crippen LogP contribution >= 0.6 is 12.2 Å². The topological polar surface area (TPSA) is 12.4 Å². The van der Waals surface area contributed by atoms with Crippen molar-refractivity contribution in [2.45, 2.75) is 13.3 Å². The van der Waals surface area contributed by atoms with Crippen LogP contribution < -0.4 is 0 Å². The van der Waals surface area contributed by atoms with Gasteiger partial charge in [0.15, 0.2) is 0 Å². The summed E-state index contributed by atoms with van der Waals surface area (Å²) in [4.78, 5) is 3.54. The summed E-state index contributed by atoms with van der Waals surface area (Å²) in [6, 6.07) is 9.68. The van der Waals surface area contributed by atoms with Gasteiger partial charge in [-0.1, -0.05) is 30.9 Å². The molecule has 0 N–H and O–H groups in total. The molecule has 0 atom stereocenters. The lowest BCUT2D eigenvalue weighted by Crippen LogP contribution is -1.90. The van der Waals surface area contributed by atoms with Gasteiger partial charge in [0.25, 0.3) is 0 Å². The van der Waals surface area contributed by atoms with Crippen molar-refractivity contribution in [1.29, 1.82) is 0 Å². The Balaban J connectivity index is 2.35. The molecule has 0 spiro atoms. The molecular formula is C17H11F2NS. The molecule has 1 nitrogen and oxygen atoms in total. The van der Waals surface area contributed by atoms with Gasteiger partial charge in [-0.05, 0) is 36.3 Å². The standard InChI is InChI=1S/C17H11F2NS/c1-2-12-3-5-13(6-4-12)7-8-15-16(18)9-14(20-11-21)10-17(15)19/h3-6,9-10H,2H2,1H3. The van der Waals surface area contributed by atoms with Gasteiger partial charge >= 0.3 is 0 Å². The highest BCUT2D eigenvalue weighted by atomic mass is 32.1. The van der Waals surface area contributed by atoms with Crippen molar-refractivity contribution < 1.29 is 8.78 Å². The number of hydrogen-bond acceptors (Lipinski definition) is 2. The number of rotatable bonds is 2. The zero-order valence-corrected chi connectivity index (χ0v) is 12.1. The Morgan fingerprint density at radius 2 is 1.67 bits per heavy atom. The van der Waals surface area contributed by atoms with Gasteiger partial charge in [0.2, 0.25) is 0 Å². The van der Waals surface area contributed by atoms with Crippen molar-refractivity contribution in [3.8, 4) is 11.8 Å². The van der Waals surface area contributed by atoms with Gasteiger partial charge in [-0.15, -0.1) is 0 Å². The predicted molar refractivity (Wildman–Crippen MR) is 82.8 cm³/mol. The summed E-state index contributed by atoms with van der Waals surface area (Å²) in [5.74, 6) is 3.73. The summed E-state index contributed by atoms with van der Waals surface area (Å²) in [6.07, 6.45) is 0.929. The molecule has 21 heavy (non-hydrogen) atoms. The van der Waals surface area contributed by atoms with Crippen molar-refractivity contribution in [2.24, 2.45) is 4.99 Å². The average molecular weight is 299 g/mol. The molecule has 0 aliphatic rings. The van der Waals surface area contributed by atoms with E-state index in [9.17, 15) is 8.78 Å². The number of nitrogens with zero attached hydrogens (tertiary/aromatic N) is 1. The van der Waals surface area contributed by atoms with Crippen LogP contribution in [0.15, 0.2) is 41.4 Å². The average Bonchev–Trinajstić information content (AvgIpc) is 2.47. The first-order chi connectivity index (χ1) is 10.1. The summed E-state index contributed by atoms with van der Waals surface area (Å²) in [7, 11) is 0. The lowest BCUT2D eigenvalue weighted by Gasteiger charge is -1.99. The van der Waals surface area contributed by atoms with Gasteiger partial charge in [0.1, 0.15) is 11.6 Å². The molecular weight excluding hydrogens is 288 g/mol. The molecule has 0 aliphatic heterocycles. The third-order valence-corrected chi connectivity index (χ3v) is 2.99. The van der Waals surface area contributed by atoms with Crippen LogP contribution in [0, 0.1) is 23.5 Å². The lowest BCUT2D eigenvalue weighted by molar-refractivity contribution is 0.578. The molecule has 2 aromatic rings. The Labute approximate surface area is 127 Å². The van der Waals surface area contributed by atoms with Crippen LogP contribution in [0.1, 0.15) is 23.6 Å². The highest BCUT2D eigenvalue weighted by Crippen LogP contribution is 2.20. The minimum absolute atomic E-state index is 0.0813. The largest absolute Gasteiger partial charge is 0.205 e. The van der Waals surface area contributed by atoms with Crippen molar-refractivity contribution in [1.82, 2.24) is 0 Å². The highest BCUT2D eigenvalue weighted by molar-refractivity contribution is 7.78. The van der Waals surface area contributed by atoms with E-state index in [0.29, 0.717) is 5.56 Å². The van der Waals surface area contributed by atoms with Crippen LogP contribution in [-0.2, 0) is 6.42 Å². The second kappa shape index (κ2) is 6.90.